The summed E-state index contributed by atoms with van der Waals surface area (Å²) in [6.07, 6.45) is 4.44. The van der Waals surface area contributed by atoms with Gasteiger partial charge in [-0.2, -0.15) is 0 Å². The monoisotopic (exact) mass is 839 g/mol. The first-order valence-corrected chi connectivity index (χ1v) is 21.8. The molecule has 3 aliphatic heterocycles. The highest BCUT2D eigenvalue weighted by molar-refractivity contribution is 9.10. The van der Waals surface area contributed by atoms with Gasteiger partial charge in [-0.15, -0.1) is 0 Å². The van der Waals surface area contributed by atoms with Crippen molar-refractivity contribution in [2.45, 2.75) is 165 Å². The number of hydrogen-bond donors (Lipinski definition) is 0. The van der Waals surface area contributed by atoms with Crippen molar-refractivity contribution in [2.24, 2.45) is 35.5 Å². The van der Waals surface area contributed by atoms with Crippen molar-refractivity contribution in [2.75, 3.05) is 34.9 Å². The van der Waals surface area contributed by atoms with Crippen molar-refractivity contribution in [3.05, 3.63) is 11.6 Å². The second kappa shape index (κ2) is 18.7. The Morgan fingerprint density at radius 3 is 2.25 bits per heavy atom. The third kappa shape index (κ3) is 9.00. The summed E-state index contributed by atoms with van der Waals surface area (Å²) >= 11 is 3.82. The fourth-order valence-electron chi connectivity index (χ4n) is 10.8. The average molecular weight is 841 g/mol. The predicted octanol–water partition coefficient (Wildman–Crippen LogP) is 5.65. The fraction of sp³-hybridized carbons (Fsp3) is 0.881. The molecular weight excluding hydrogens is 774 g/mol. The van der Waals surface area contributed by atoms with E-state index in [1.54, 1.807) is 14.2 Å². The van der Waals surface area contributed by atoms with E-state index in [2.05, 4.69) is 41.8 Å². The second-order valence-corrected chi connectivity index (χ2v) is 18.1. The highest BCUT2D eigenvalue weighted by Gasteiger charge is 2.59. The standard InChI is InChI=1S/C42H66BrNO11/c1-10-24-13-12-14-32(55-34-16-15-31(44(6)7)22(4)51-34)21(3)37(46)30-19-27-26-17-25(18-29(26)36(43)38(47)35(27)28(30)20-33(45)53-24)54-42-41(49-9)40(50-11-2)39(48-8)23(5)52-42/h19,21-29,31-32,34-36,39-42H,10-18,20H2,1-9H3/t21-,22?,23?,24+,25+,26+,27+,28-,29-,31+,32+,34+,35-,36?,39+,40?,41+,42+/m1/s1. The van der Waals surface area contributed by atoms with Crippen LogP contribution < -0.4 is 0 Å². The molecule has 13 heteroatoms. The molecule has 2 saturated carbocycles. The van der Waals surface area contributed by atoms with Gasteiger partial charge in [0.05, 0.1) is 35.7 Å². The molecule has 0 spiro atoms. The summed E-state index contributed by atoms with van der Waals surface area (Å²) < 4.78 is 49.9. The van der Waals surface area contributed by atoms with E-state index in [1.165, 1.54) is 0 Å². The number of methoxy groups -OCH3 is 2. The summed E-state index contributed by atoms with van der Waals surface area (Å²) in [7, 11) is 7.41. The number of rotatable bonds is 10. The first kappa shape index (κ1) is 43.3. The number of Topliss-reactive ketones (excluding diaryl/α,β-unsaturated/α-hetero) is 2. The van der Waals surface area contributed by atoms with Gasteiger partial charge in [0, 0.05) is 44.6 Å². The first-order valence-electron chi connectivity index (χ1n) is 20.9. The normalized spacial score (nSPS) is 45.6. The molecule has 3 saturated heterocycles. The number of carbonyl (C=O) groups excluding carboxylic acids is 3. The molecule has 3 heterocycles. The van der Waals surface area contributed by atoms with Crippen LogP contribution >= 0.6 is 15.9 Å². The van der Waals surface area contributed by atoms with Crippen molar-refractivity contribution < 1.29 is 52.3 Å². The smallest absolute Gasteiger partial charge is 0.306 e. The Hall–Kier alpha value is -1.29. The minimum atomic E-state index is -0.684. The average Bonchev–Trinajstić information content (AvgIpc) is 3.74. The number of likely N-dealkylation sites (N-methyl/N-ethyl adjacent to an activating group) is 1. The molecule has 0 amide bonds. The maximum atomic E-state index is 14.8. The molecule has 0 aromatic rings. The number of cyclic esters (lactones) is 1. The Labute approximate surface area is 336 Å². The van der Waals surface area contributed by atoms with E-state index in [9.17, 15) is 14.4 Å². The van der Waals surface area contributed by atoms with Crippen LogP contribution in [0.1, 0.15) is 92.4 Å². The number of allylic oxidation sites excluding steroid dienone is 2. The minimum Gasteiger partial charge on any atom is -0.462 e. The molecule has 12 nitrogen and oxygen atoms in total. The number of fused-ring (bicyclic) bond motifs is 5. The Kier molecular flexibility index (Phi) is 14.8. The minimum absolute atomic E-state index is 0.00265. The highest BCUT2D eigenvalue weighted by Crippen LogP contribution is 2.57. The van der Waals surface area contributed by atoms with E-state index >= 15 is 0 Å². The number of carbonyl (C=O) groups is 3. The second-order valence-electron chi connectivity index (χ2n) is 17.1. The zero-order valence-corrected chi connectivity index (χ0v) is 35.9. The number of alkyl halides is 1. The van der Waals surface area contributed by atoms with E-state index in [1.807, 2.05) is 33.8 Å². The van der Waals surface area contributed by atoms with Gasteiger partial charge in [0.25, 0.3) is 0 Å². The van der Waals surface area contributed by atoms with Gasteiger partial charge >= 0.3 is 5.97 Å². The van der Waals surface area contributed by atoms with Crippen LogP contribution in [0.4, 0.5) is 0 Å². The van der Waals surface area contributed by atoms with E-state index in [4.69, 9.17) is 37.9 Å². The Morgan fingerprint density at radius 2 is 1.60 bits per heavy atom. The zero-order valence-electron chi connectivity index (χ0n) is 34.4. The highest BCUT2D eigenvalue weighted by atomic mass is 79.9. The number of ketones is 2. The summed E-state index contributed by atoms with van der Waals surface area (Å²) in [6.45, 7) is 10.4. The third-order valence-corrected chi connectivity index (χ3v) is 14.8. The number of ether oxygens (including phenoxy) is 8. The number of halogens is 1. The SMILES string of the molecule is CCOC1[C@@H](OC)C(C)O[C@@H](O[C@H]2C[C@H]3[C@@H]4C=C5C(=O)[C@H](C)[C@@H](O[C@H]6CC[C@H](N(C)C)C(C)O6)CCC[C@H](CC)OC(=O)C[C@H]5[C@@H]4C(=O)C(Br)[C@@H]3C2)[C@H]1OC. The van der Waals surface area contributed by atoms with Crippen LogP contribution in [-0.4, -0.2) is 130 Å². The van der Waals surface area contributed by atoms with Crippen molar-refractivity contribution >= 4 is 33.5 Å². The molecule has 0 aromatic heterocycles. The lowest BCUT2D eigenvalue weighted by Gasteiger charge is -2.44. The van der Waals surface area contributed by atoms with Crippen molar-refractivity contribution in [1.82, 2.24) is 4.90 Å². The molecule has 6 aliphatic rings. The van der Waals surface area contributed by atoms with Gasteiger partial charge in [-0.25, -0.2) is 0 Å². The molecule has 0 aromatic carbocycles. The van der Waals surface area contributed by atoms with Gasteiger partial charge in [0.1, 0.15) is 24.4 Å². The maximum absolute atomic E-state index is 14.8. The lowest BCUT2D eigenvalue weighted by Crippen LogP contribution is -2.60. The molecule has 4 unspecified atom stereocenters. The summed E-state index contributed by atoms with van der Waals surface area (Å²) in [6, 6.07) is 0.304. The van der Waals surface area contributed by atoms with Gasteiger partial charge in [-0.1, -0.05) is 35.9 Å². The van der Waals surface area contributed by atoms with E-state index in [-0.39, 0.29) is 84.4 Å². The summed E-state index contributed by atoms with van der Waals surface area (Å²) in [5.74, 6) is -2.08. The van der Waals surface area contributed by atoms with Crippen molar-refractivity contribution in [1.29, 1.82) is 0 Å². The summed E-state index contributed by atoms with van der Waals surface area (Å²) in [5, 5.41) is 0. The molecule has 18 atom stereocenters. The van der Waals surface area contributed by atoms with E-state index < -0.39 is 41.3 Å². The number of nitrogens with zero attached hydrogens (tertiary/aromatic N) is 1. The Morgan fingerprint density at radius 1 is 0.873 bits per heavy atom. The van der Waals surface area contributed by atoms with Crippen molar-refractivity contribution in [3.63, 3.8) is 0 Å². The molecule has 3 aliphatic carbocycles. The lowest BCUT2D eigenvalue weighted by molar-refractivity contribution is -0.317. The Bertz CT molecular complexity index is 1380. The number of esters is 1. The lowest BCUT2D eigenvalue weighted by atomic mass is 9.65. The molecule has 0 radical (unpaired) electrons. The first-order chi connectivity index (χ1) is 26.3. The van der Waals surface area contributed by atoms with Crippen LogP contribution in [0.2, 0.25) is 0 Å². The molecule has 0 bridgehead atoms. The zero-order chi connectivity index (χ0) is 39.7. The Balaban J connectivity index is 1.25. The van der Waals surface area contributed by atoms with Crippen LogP contribution in [0, 0.1) is 35.5 Å². The molecule has 312 valence electrons. The van der Waals surface area contributed by atoms with E-state index in [0.29, 0.717) is 50.3 Å². The topological polar surface area (TPSA) is 128 Å². The van der Waals surface area contributed by atoms with Crippen LogP contribution in [0.15, 0.2) is 11.6 Å². The molecule has 55 heavy (non-hydrogen) atoms. The fourth-order valence-corrected chi connectivity index (χ4v) is 11.7. The summed E-state index contributed by atoms with van der Waals surface area (Å²) in [4.78, 5) is 44.6. The quantitative estimate of drug-likeness (QED) is 0.199. The largest absolute Gasteiger partial charge is 0.462 e. The maximum Gasteiger partial charge on any atom is 0.306 e. The van der Waals surface area contributed by atoms with Crippen LogP contribution in [-0.2, 0) is 52.3 Å². The van der Waals surface area contributed by atoms with Gasteiger partial charge in [0.2, 0.25) is 0 Å². The van der Waals surface area contributed by atoms with E-state index in [0.717, 1.165) is 19.3 Å². The third-order valence-electron chi connectivity index (χ3n) is 13.7. The number of hydrogen-bond acceptors (Lipinski definition) is 12. The molecule has 0 N–H and O–H groups in total. The molecular formula is C42H66BrNO11. The van der Waals surface area contributed by atoms with Gasteiger partial charge in [0.15, 0.2) is 24.1 Å². The van der Waals surface area contributed by atoms with Gasteiger partial charge in [-0.05, 0) is 110 Å². The molecule has 5 fully saturated rings. The van der Waals surface area contributed by atoms with Gasteiger partial charge in [-0.3, -0.25) is 14.4 Å². The van der Waals surface area contributed by atoms with Gasteiger partial charge < -0.3 is 42.8 Å². The predicted molar refractivity (Wildman–Crippen MR) is 207 cm³/mol. The van der Waals surface area contributed by atoms with Crippen LogP contribution in [0.5, 0.6) is 0 Å². The van der Waals surface area contributed by atoms with Crippen LogP contribution in [0.3, 0.4) is 0 Å². The van der Waals surface area contributed by atoms with Crippen molar-refractivity contribution in [3.8, 4) is 0 Å². The van der Waals surface area contributed by atoms with Crippen LogP contribution in [0.25, 0.3) is 0 Å². The molecule has 6 rings (SSSR count). The summed E-state index contributed by atoms with van der Waals surface area (Å²) in [5.41, 5.74) is 0.569.